The Balaban J connectivity index is 1.95. The number of nitrogens with one attached hydrogen (secondary N) is 3. The smallest absolute Gasteiger partial charge is 0.243 e. The van der Waals surface area contributed by atoms with E-state index in [0.29, 0.717) is 24.3 Å². The summed E-state index contributed by atoms with van der Waals surface area (Å²) in [6.45, 7) is 7.77. The van der Waals surface area contributed by atoms with E-state index >= 15 is 0 Å². The molecule has 0 radical (unpaired) electrons. The molecule has 0 aromatic carbocycles. The number of Topliss-reactive ketones (excluding diaryl/α,β-unsaturated/α-hetero) is 1. The molecule has 1 aromatic rings. The Labute approximate surface area is 196 Å². The van der Waals surface area contributed by atoms with Gasteiger partial charge in [-0.3, -0.25) is 14.4 Å². The number of ketones is 1. The second-order valence-corrected chi connectivity index (χ2v) is 9.94. The molecule has 2 rings (SSSR count). The zero-order valence-corrected chi connectivity index (χ0v) is 20.5. The van der Waals surface area contributed by atoms with Crippen LogP contribution in [0.5, 0.6) is 0 Å². The highest BCUT2D eigenvalue weighted by atomic mass is 32.2. The molecule has 0 bridgehead atoms. The highest BCUT2D eigenvalue weighted by Crippen LogP contribution is 2.16. The van der Waals surface area contributed by atoms with Crippen LogP contribution in [0.4, 0.5) is 0 Å². The Kier molecular flexibility index (Phi) is 11.9. The van der Waals surface area contributed by atoms with Crippen LogP contribution in [-0.4, -0.2) is 48.5 Å². The second-order valence-electron chi connectivity index (χ2n) is 8.96. The van der Waals surface area contributed by atoms with Gasteiger partial charge < -0.3 is 20.4 Å². The fraction of sp³-hybridized carbons (Fsp3) is 0.708. The zero-order valence-electron chi connectivity index (χ0n) is 19.7. The number of piperidine rings is 1. The Morgan fingerprint density at radius 1 is 1.19 bits per heavy atom. The molecule has 0 spiro atoms. The second kappa shape index (κ2) is 14.4. The van der Waals surface area contributed by atoms with Gasteiger partial charge in [-0.15, -0.1) is 11.8 Å². The van der Waals surface area contributed by atoms with E-state index in [-0.39, 0.29) is 29.4 Å². The number of unbranched alkanes of at least 4 members (excludes halogenated alkanes) is 1. The summed E-state index contributed by atoms with van der Waals surface area (Å²) in [5.74, 6) is 1.64. The van der Waals surface area contributed by atoms with Crippen LogP contribution in [0, 0.1) is 11.8 Å². The Hall–Kier alpha value is -1.80. The first kappa shape index (κ1) is 26.5. The molecule has 2 heterocycles. The molecule has 0 unspecified atom stereocenters. The highest BCUT2D eigenvalue weighted by molar-refractivity contribution is 7.99. The number of hydrogen-bond donors (Lipinski definition) is 3. The lowest BCUT2D eigenvalue weighted by atomic mass is 9.95. The van der Waals surface area contributed by atoms with Crippen molar-refractivity contribution in [3.8, 4) is 0 Å². The maximum absolute atomic E-state index is 13.1. The summed E-state index contributed by atoms with van der Waals surface area (Å²) >= 11 is 1.49. The fourth-order valence-corrected chi connectivity index (χ4v) is 4.69. The molecule has 7 nitrogen and oxygen atoms in total. The van der Waals surface area contributed by atoms with Crippen molar-refractivity contribution in [2.75, 3.05) is 18.8 Å². The first-order valence-electron chi connectivity index (χ1n) is 11.8. The van der Waals surface area contributed by atoms with Crippen molar-refractivity contribution in [3.05, 3.63) is 24.2 Å². The SMILES string of the molecule is CCCC[C@H](NC(=O)[C@H](CC(C)C)NC(=O)C1CCNCC1)C(=O)CSCc1ccco1. The Bertz CT molecular complexity index is 702. The Morgan fingerprint density at radius 2 is 1.94 bits per heavy atom. The van der Waals surface area contributed by atoms with E-state index in [2.05, 4.69) is 22.9 Å². The first-order valence-corrected chi connectivity index (χ1v) is 13.0. The summed E-state index contributed by atoms with van der Waals surface area (Å²) < 4.78 is 5.31. The lowest BCUT2D eigenvalue weighted by molar-refractivity contribution is -0.133. The van der Waals surface area contributed by atoms with Crippen molar-refractivity contribution < 1.29 is 18.8 Å². The zero-order chi connectivity index (χ0) is 23.3. The van der Waals surface area contributed by atoms with Crippen LogP contribution in [0.2, 0.25) is 0 Å². The van der Waals surface area contributed by atoms with Crippen LogP contribution in [0.25, 0.3) is 0 Å². The van der Waals surface area contributed by atoms with Crippen molar-refractivity contribution in [1.29, 1.82) is 0 Å². The lowest BCUT2D eigenvalue weighted by Gasteiger charge is -2.27. The average Bonchev–Trinajstić information content (AvgIpc) is 3.29. The topological polar surface area (TPSA) is 100 Å². The van der Waals surface area contributed by atoms with Crippen molar-refractivity contribution in [3.63, 3.8) is 0 Å². The van der Waals surface area contributed by atoms with Gasteiger partial charge in [0.2, 0.25) is 11.8 Å². The van der Waals surface area contributed by atoms with E-state index < -0.39 is 12.1 Å². The molecule has 1 aromatic heterocycles. The van der Waals surface area contributed by atoms with Crippen molar-refractivity contribution >= 4 is 29.4 Å². The third-order valence-electron chi connectivity index (χ3n) is 5.67. The molecule has 0 aliphatic carbocycles. The largest absolute Gasteiger partial charge is 0.468 e. The van der Waals surface area contributed by atoms with E-state index in [1.54, 1.807) is 6.26 Å². The average molecular weight is 466 g/mol. The van der Waals surface area contributed by atoms with Crippen molar-refractivity contribution in [2.24, 2.45) is 11.8 Å². The molecule has 180 valence electrons. The van der Waals surface area contributed by atoms with Crippen LogP contribution in [-0.2, 0) is 20.1 Å². The van der Waals surface area contributed by atoms with Crippen LogP contribution < -0.4 is 16.0 Å². The van der Waals surface area contributed by atoms with E-state index in [9.17, 15) is 14.4 Å². The molecule has 0 saturated carbocycles. The van der Waals surface area contributed by atoms with Gasteiger partial charge >= 0.3 is 0 Å². The van der Waals surface area contributed by atoms with Gasteiger partial charge in [-0.25, -0.2) is 0 Å². The van der Waals surface area contributed by atoms with Crippen molar-refractivity contribution in [2.45, 2.75) is 77.1 Å². The summed E-state index contributed by atoms with van der Waals surface area (Å²) in [4.78, 5) is 38.7. The third kappa shape index (κ3) is 9.36. The minimum atomic E-state index is -0.620. The van der Waals surface area contributed by atoms with Gasteiger partial charge in [0.25, 0.3) is 0 Å². The molecule has 1 aliphatic rings. The maximum Gasteiger partial charge on any atom is 0.243 e. The van der Waals surface area contributed by atoms with Gasteiger partial charge in [0.1, 0.15) is 11.8 Å². The first-order chi connectivity index (χ1) is 15.4. The third-order valence-corrected chi connectivity index (χ3v) is 6.65. The van der Waals surface area contributed by atoms with Crippen LogP contribution in [0.1, 0.15) is 65.1 Å². The van der Waals surface area contributed by atoms with E-state index in [4.69, 9.17) is 4.42 Å². The van der Waals surface area contributed by atoms with E-state index in [1.165, 1.54) is 11.8 Å². The maximum atomic E-state index is 13.1. The minimum Gasteiger partial charge on any atom is -0.468 e. The number of carbonyl (C=O) groups is 3. The molecule has 1 saturated heterocycles. The summed E-state index contributed by atoms with van der Waals surface area (Å²) in [5, 5.41) is 9.19. The summed E-state index contributed by atoms with van der Waals surface area (Å²) in [7, 11) is 0. The van der Waals surface area contributed by atoms with E-state index in [1.807, 2.05) is 26.0 Å². The molecule has 8 heteroatoms. The quantitative estimate of drug-likeness (QED) is 0.390. The van der Waals surface area contributed by atoms with Gasteiger partial charge in [-0.2, -0.15) is 0 Å². The van der Waals surface area contributed by atoms with Gasteiger partial charge in [0, 0.05) is 5.92 Å². The van der Waals surface area contributed by atoms with Crippen LogP contribution >= 0.6 is 11.8 Å². The fourth-order valence-electron chi connectivity index (χ4n) is 3.82. The molecule has 32 heavy (non-hydrogen) atoms. The van der Waals surface area contributed by atoms with Crippen LogP contribution in [0.3, 0.4) is 0 Å². The summed E-state index contributed by atoms with van der Waals surface area (Å²) in [6, 6.07) is 2.56. The summed E-state index contributed by atoms with van der Waals surface area (Å²) in [5.41, 5.74) is 0. The monoisotopic (exact) mass is 465 g/mol. The van der Waals surface area contributed by atoms with E-state index in [0.717, 1.165) is 44.5 Å². The molecule has 1 fully saturated rings. The predicted octanol–water partition coefficient (Wildman–Crippen LogP) is 3.29. The van der Waals surface area contributed by atoms with Gasteiger partial charge in [0.15, 0.2) is 5.78 Å². The molecule has 2 atom stereocenters. The number of rotatable bonds is 14. The lowest BCUT2D eigenvalue weighted by Crippen LogP contribution is -2.53. The van der Waals surface area contributed by atoms with Crippen molar-refractivity contribution in [1.82, 2.24) is 16.0 Å². The molecule has 2 amide bonds. The number of thioether (sulfide) groups is 1. The van der Waals surface area contributed by atoms with Gasteiger partial charge in [-0.05, 0) is 56.8 Å². The molecular weight excluding hydrogens is 426 g/mol. The van der Waals surface area contributed by atoms with Gasteiger partial charge in [0.05, 0.1) is 23.8 Å². The van der Waals surface area contributed by atoms with Gasteiger partial charge in [-0.1, -0.05) is 33.6 Å². The normalized spacial score (nSPS) is 16.5. The number of furan rings is 1. The Morgan fingerprint density at radius 3 is 2.56 bits per heavy atom. The predicted molar refractivity (Wildman–Crippen MR) is 128 cm³/mol. The standard InChI is InChI=1S/C24H39N3O4S/c1-4-5-8-20(22(28)16-32-15-19-7-6-13-31-19)26-24(30)21(14-17(2)3)27-23(29)18-9-11-25-12-10-18/h6-7,13,17-18,20-21,25H,4-5,8-12,14-16H2,1-3H3,(H,26,30)(H,27,29)/t20-,21-/m0/s1. The molecule has 1 aliphatic heterocycles. The summed E-state index contributed by atoms with van der Waals surface area (Å²) in [6.07, 6.45) is 6.15. The van der Waals surface area contributed by atoms with Crippen LogP contribution in [0.15, 0.2) is 22.8 Å². The minimum absolute atomic E-state index is 0.0105. The molecule has 3 N–H and O–H groups in total. The number of hydrogen-bond acceptors (Lipinski definition) is 6. The highest BCUT2D eigenvalue weighted by Gasteiger charge is 2.29. The number of amides is 2. The number of carbonyl (C=O) groups excluding carboxylic acids is 3. The molecular formula is C24H39N3O4S.